The number of carbonyl (C=O) groups is 2. The van der Waals surface area contributed by atoms with Crippen molar-refractivity contribution in [1.82, 2.24) is 10.6 Å². The molecule has 0 saturated carbocycles. The van der Waals surface area contributed by atoms with Gasteiger partial charge in [-0.15, -0.1) is 0 Å². The maximum atomic E-state index is 11.7. The Morgan fingerprint density at radius 2 is 1.81 bits per heavy atom. The van der Waals surface area contributed by atoms with Crippen LogP contribution in [0.15, 0.2) is 0 Å². The van der Waals surface area contributed by atoms with E-state index in [1.807, 2.05) is 5.32 Å². The number of unbranched alkanes of at least 4 members (excludes halogenated alkanes) is 2. The molecule has 0 radical (unpaired) electrons. The molecule has 0 aromatic carbocycles. The number of nitrogens with one attached hydrogen (secondary N) is 2. The van der Waals surface area contributed by atoms with E-state index in [4.69, 9.17) is 5.11 Å². The number of carbonyl (C=O) groups excluding carboxylic acids is 1. The predicted molar refractivity (Wildman–Crippen MR) is 53.5 cm³/mol. The van der Waals surface area contributed by atoms with E-state index in [1.54, 1.807) is 0 Å². The van der Waals surface area contributed by atoms with Crippen LogP contribution in [0.2, 0.25) is 0 Å². The molecule has 0 aromatic rings. The van der Waals surface area contributed by atoms with Crippen molar-refractivity contribution in [2.45, 2.75) is 32.1 Å². The summed E-state index contributed by atoms with van der Waals surface area (Å²) in [6.07, 6.45) is -0.578. The zero-order valence-corrected chi connectivity index (χ0v) is 8.84. The number of carboxylic acids is 1. The Bertz CT molecular complexity index is 225. The third-order valence-electron chi connectivity index (χ3n) is 1.77. The average Bonchev–Trinajstić information content (AvgIpc) is 2.19. The van der Waals surface area contributed by atoms with Crippen molar-refractivity contribution in [3.63, 3.8) is 0 Å². The summed E-state index contributed by atoms with van der Waals surface area (Å²) in [5, 5.41) is 12.7. The van der Waals surface area contributed by atoms with Crippen LogP contribution in [0, 0.1) is 0 Å². The van der Waals surface area contributed by atoms with Crippen LogP contribution in [0.3, 0.4) is 0 Å². The number of hydrogen-bond acceptors (Lipinski definition) is 2. The molecule has 0 heterocycles. The summed E-state index contributed by atoms with van der Waals surface area (Å²) in [7, 11) is 0. The number of alkyl halides is 2. The second kappa shape index (κ2) is 8.87. The van der Waals surface area contributed by atoms with Crippen LogP contribution in [-0.4, -0.2) is 36.6 Å². The van der Waals surface area contributed by atoms with Gasteiger partial charge in [0.15, 0.2) is 0 Å². The molecule has 0 aromatic heterocycles. The smallest absolute Gasteiger partial charge is 0.314 e. The summed E-state index contributed by atoms with van der Waals surface area (Å²) >= 11 is 0. The summed E-state index contributed by atoms with van der Waals surface area (Å²) in [6.45, 7) is -0.306. The summed E-state index contributed by atoms with van der Waals surface area (Å²) in [4.78, 5) is 21.0. The number of halogens is 2. The zero-order chi connectivity index (χ0) is 12.4. The van der Waals surface area contributed by atoms with Crippen molar-refractivity contribution in [3.05, 3.63) is 0 Å². The predicted octanol–water partition coefficient (Wildman–Crippen LogP) is 1.20. The number of amides is 2. The van der Waals surface area contributed by atoms with Crippen LogP contribution in [0.4, 0.5) is 13.6 Å². The van der Waals surface area contributed by atoms with Gasteiger partial charge in [0, 0.05) is 13.0 Å². The molecule has 0 aliphatic heterocycles. The molecule has 0 saturated heterocycles. The van der Waals surface area contributed by atoms with Gasteiger partial charge in [0.05, 0.1) is 6.54 Å². The van der Waals surface area contributed by atoms with Gasteiger partial charge in [0.1, 0.15) is 0 Å². The Kier molecular flexibility index (Phi) is 8.10. The third kappa shape index (κ3) is 10.7. The molecule has 0 spiro atoms. The number of rotatable bonds is 8. The van der Waals surface area contributed by atoms with Gasteiger partial charge in [-0.05, 0) is 12.8 Å². The molecule has 16 heavy (non-hydrogen) atoms. The van der Waals surface area contributed by atoms with Gasteiger partial charge >= 0.3 is 12.0 Å². The van der Waals surface area contributed by atoms with E-state index in [2.05, 4.69) is 5.32 Å². The fourth-order valence-electron chi connectivity index (χ4n) is 1.01. The van der Waals surface area contributed by atoms with E-state index in [0.29, 0.717) is 25.8 Å². The molecule has 0 aliphatic carbocycles. The highest BCUT2D eigenvalue weighted by Gasteiger charge is 2.04. The van der Waals surface area contributed by atoms with Crippen LogP contribution in [-0.2, 0) is 4.79 Å². The Balaban J connectivity index is 3.24. The van der Waals surface area contributed by atoms with Crippen molar-refractivity contribution in [2.24, 2.45) is 0 Å². The highest BCUT2D eigenvalue weighted by Crippen LogP contribution is 1.98. The van der Waals surface area contributed by atoms with Crippen molar-refractivity contribution in [3.8, 4) is 0 Å². The summed E-state index contributed by atoms with van der Waals surface area (Å²) < 4.78 is 23.3. The molecular weight excluding hydrogens is 222 g/mol. The van der Waals surface area contributed by atoms with Gasteiger partial charge < -0.3 is 15.7 Å². The second-order valence-electron chi connectivity index (χ2n) is 3.23. The van der Waals surface area contributed by atoms with Gasteiger partial charge in [0.2, 0.25) is 0 Å². The molecule has 0 bridgehead atoms. The highest BCUT2D eigenvalue weighted by atomic mass is 19.3. The summed E-state index contributed by atoms with van der Waals surface area (Å²) in [6, 6.07) is -0.626. The maximum Gasteiger partial charge on any atom is 0.314 e. The molecule has 0 unspecified atom stereocenters. The quantitative estimate of drug-likeness (QED) is 0.556. The fraction of sp³-hybridized carbons (Fsp3) is 0.778. The van der Waals surface area contributed by atoms with Gasteiger partial charge in [-0.2, -0.15) is 0 Å². The number of urea groups is 1. The minimum Gasteiger partial charge on any atom is -0.481 e. The Hall–Kier alpha value is -1.40. The van der Waals surface area contributed by atoms with Crippen molar-refractivity contribution in [1.29, 1.82) is 0 Å². The minimum absolute atomic E-state index is 0.109. The van der Waals surface area contributed by atoms with Crippen molar-refractivity contribution < 1.29 is 23.5 Å². The van der Waals surface area contributed by atoms with E-state index >= 15 is 0 Å². The third-order valence-corrected chi connectivity index (χ3v) is 1.77. The summed E-state index contributed by atoms with van der Waals surface area (Å²) in [5.41, 5.74) is 0. The second-order valence-corrected chi connectivity index (χ2v) is 3.23. The van der Waals surface area contributed by atoms with Crippen LogP contribution >= 0.6 is 0 Å². The lowest BCUT2D eigenvalue weighted by atomic mass is 10.2. The van der Waals surface area contributed by atoms with Gasteiger partial charge in [-0.25, -0.2) is 13.6 Å². The van der Waals surface area contributed by atoms with Crippen molar-refractivity contribution in [2.75, 3.05) is 13.1 Å². The Morgan fingerprint density at radius 3 is 2.38 bits per heavy atom. The lowest BCUT2D eigenvalue weighted by molar-refractivity contribution is -0.137. The Labute approximate surface area is 92.2 Å². The molecule has 7 heteroatoms. The van der Waals surface area contributed by atoms with Crippen LogP contribution < -0.4 is 10.6 Å². The molecule has 0 aliphatic rings. The SMILES string of the molecule is O=C(O)CCCCCNC(=O)NCC(F)F. The molecule has 3 N–H and O–H groups in total. The lowest BCUT2D eigenvalue weighted by Crippen LogP contribution is -2.38. The van der Waals surface area contributed by atoms with Crippen LogP contribution in [0.25, 0.3) is 0 Å². The van der Waals surface area contributed by atoms with E-state index in [0.717, 1.165) is 0 Å². The lowest BCUT2D eigenvalue weighted by Gasteiger charge is -2.06. The fourth-order valence-corrected chi connectivity index (χ4v) is 1.01. The summed E-state index contributed by atoms with van der Waals surface area (Å²) in [5.74, 6) is -0.845. The molecule has 5 nitrogen and oxygen atoms in total. The molecule has 94 valence electrons. The first-order chi connectivity index (χ1) is 7.52. The highest BCUT2D eigenvalue weighted by molar-refractivity contribution is 5.73. The molecule has 0 fully saturated rings. The number of hydrogen-bond donors (Lipinski definition) is 3. The average molecular weight is 238 g/mol. The largest absolute Gasteiger partial charge is 0.481 e. The molecule has 0 rings (SSSR count). The first-order valence-corrected chi connectivity index (χ1v) is 5.04. The van der Waals surface area contributed by atoms with E-state index in [-0.39, 0.29) is 6.42 Å². The standard InChI is InChI=1S/C9H16F2N2O3/c10-7(11)6-13-9(16)12-5-3-1-2-4-8(14)15/h7H,1-6H2,(H,14,15)(H2,12,13,16). The van der Waals surface area contributed by atoms with Gasteiger partial charge in [-0.3, -0.25) is 4.79 Å². The molecular formula is C9H16F2N2O3. The molecule has 0 atom stereocenters. The maximum absolute atomic E-state index is 11.7. The van der Waals surface area contributed by atoms with Crippen molar-refractivity contribution >= 4 is 12.0 Å². The van der Waals surface area contributed by atoms with E-state index in [1.165, 1.54) is 0 Å². The van der Waals surface area contributed by atoms with E-state index in [9.17, 15) is 18.4 Å². The monoisotopic (exact) mass is 238 g/mol. The number of carboxylic acid groups (broad SMARTS) is 1. The number of aliphatic carboxylic acids is 1. The van der Waals surface area contributed by atoms with Gasteiger partial charge in [0.25, 0.3) is 6.43 Å². The van der Waals surface area contributed by atoms with E-state index < -0.39 is 25.0 Å². The first-order valence-electron chi connectivity index (χ1n) is 5.04. The Morgan fingerprint density at radius 1 is 1.12 bits per heavy atom. The first kappa shape index (κ1) is 14.6. The topological polar surface area (TPSA) is 78.4 Å². The normalized spacial score (nSPS) is 10.2. The van der Waals surface area contributed by atoms with Crippen LogP contribution in [0.5, 0.6) is 0 Å². The van der Waals surface area contributed by atoms with Crippen LogP contribution in [0.1, 0.15) is 25.7 Å². The molecule has 2 amide bonds. The zero-order valence-electron chi connectivity index (χ0n) is 8.84. The van der Waals surface area contributed by atoms with Gasteiger partial charge in [-0.1, -0.05) is 6.42 Å². The minimum atomic E-state index is -2.55.